The number of nitrogens with zero attached hydrogens (tertiary/aromatic N) is 1. The first-order chi connectivity index (χ1) is 5.97. The predicted octanol–water partition coefficient (Wildman–Crippen LogP) is 2.92. The highest BCUT2D eigenvalue weighted by Gasteiger charge is 2.13. The number of hydrogen-bond donors (Lipinski definition) is 0. The molecular formula is C11H17NO. The minimum atomic E-state index is -0.176. The Morgan fingerprint density at radius 3 is 2.69 bits per heavy atom. The van der Waals surface area contributed by atoms with Crippen LogP contribution in [0.5, 0.6) is 0 Å². The van der Waals surface area contributed by atoms with Crippen LogP contribution in [0.4, 0.5) is 0 Å². The van der Waals surface area contributed by atoms with Crippen molar-refractivity contribution in [2.45, 2.75) is 33.3 Å². The lowest BCUT2D eigenvalue weighted by molar-refractivity contribution is 0.0513. The second kappa shape index (κ2) is 3.77. The van der Waals surface area contributed by atoms with E-state index in [-0.39, 0.29) is 5.60 Å². The van der Waals surface area contributed by atoms with Crippen LogP contribution < -0.4 is 0 Å². The van der Waals surface area contributed by atoms with E-state index in [0.29, 0.717) is 11.8 Å². The largest absolute Gasteiger partial charge is 0.472 e. The topological polar surface area (TPSA) is 21.6 Å². The van der Waals surface area contributed by atoms with Crippen LogP contribution in [0, 0.1) is 5.92 Å². The smallest absolute Gasteiger partial charge is 0.213 e. The van der Waals surface area contributed by atoms with Crippen LogP contribution in [0.15, 0.2) is 29.1 Å². The van der Waals surface area contributed by atoms with Gasteiger partial charge in [-0.15, -0.1) is 0 Å². The summed E-state index contributed by atoms with van der Waals surface area (Å²) in [5.41, 5.74) is -0.176. The van der Waals surface area contributed by atoms with E-state index in [4.69, 9.17) is 4.74 Å². The lowest BCUT2D eigenvalue weighted by Crippen LogP contribution is -2.18. The van der Waals surface area contributed by atoms with Gasteiger partial charge in [-0.2, -0.15) is 0 Å². The number of ether oxygens (including phenoxy) is 1. The fourth-order valence-electron chi connectivity index (χ4n) is 0.971. The zero-order valence-electron chi connectivity index (χ0n) is 8.74. The van der Waals surface area contributed by atoms with Gasteiger partial charge in [0.05, 0.1) is 0 Å². The molecule has 13 heavy (non-hydrogen) atoms. The quantitative estimate of drug-likeness (QED) is 0.606. The van der Waals surface area contributed by atoms with Crippen molar-refractivity contribution in [3.05, 3.63) is 24.1 Å². The molecule has 0 fully saturated rings. The van der Waals surface area contributed by atoms with Gasteiger partial charge in [0.15, 0.2) is 0 Å². The third kappa shape index (κ3) is 3.92. The van der Waals surface area contributed by atoms with Crippen molar-refractivity contribution in [1.82, 2.24) is 0 Å². The Hall–Kier alpha value is -1.05. The molecule has 1 atom stereocenters. The average molecular weight is 179 g/mol. The molecule has 2 heteroatoms. The molecule has 1 rings (SSSR count). The summed E-state index contributed by atoms with van der Waals surface area (Å²) in [6.45, 7) is 8.14. The van der Waals surface area contributed by atoms with Crippen LogP contribution in [-0.4, -0.2) is 11.8 Å². The molecule has 0 radical (unpaired) electrons. The van der Waals surface area contributed by atoms with Crippen molar-refractivity contribution in [3.63, 3.8) is 0 Å². The summed E-state index contributed by atoms with van der Waals surface area (Å²) >= 11 is 0. The molecule has 0 saturated heterocycles. The summed E-state index contributed by atoms with van der Waals surface area (Å²) in [5, 5.41) is 0. The van der Waals surface area contributed by atoms with Crippen LogP contribution in [0.2, 0.25) is 0 Å². The summed E-state index contributed by atoms with van der Waals surface area (Å²) in [7, 11) is 0. The monoisotopic (exact) mass is 179 g/mol. The molecule has 0 N–H and O–H groups in total. The van der Waals surface area contributed by atoms with E-state index >= 15 is 0 Å². The SMILES string of the molecule is CC1C=CC=C(OC(C)(C)C)N=C1. The van der Waals surface area contributed by atoms with Gasteiger partial charge in [-0.1, -0.05) is 19.1 Å². The summed E-state index contributed by atoms with van der Waals surface area (Å²) in [4.78, 5) is 4.24. The predicted molar refractivity (Wildman–Crippen MR) is 55.7 cm³/mol. The first-order valence-electron chi connectivity index (χ1n) is 4.59. The normalized spacial score (nSPS) is 22.5. The van der Waals surface area contributed by atoms with Crippen molar-refractivity contribution in [2.24, 2.45) is 10.9 Å². The van der Waals surface area contributed by atoms with E-state index in [9.17, 15) is 0 Å². The molecule has 0 bridgehead atoms. The number of aliphatic imine (C=N–C) groups is 1. The van der Waals surface area contributed by atoms with Gasteiger partial charge in [-0.25, -0.2) is 4.99 Å². The molecule has 2 nitrogen and oxygen atoms in total. The summed E-state index contributed by atoms with van der Waals surface area (Å²) in [6.07, 6.45) is 7.85. The van der Waals surface area contributed by atoms with Crippen molar-refractivity contribution in [3.8, 4) is 0 Å². The Kier molecular flexibility index (Phi) is 2.91. The number of hydrogen-bond acceptors (Lipinski definition) is 2. The van der Waals surface area contributed by atoms with Gasteiger partial charge >= 0.3 is 0 Å². The first kappa shape index (κ1) is 10.0. The van der Waals surface area contributed by atoms with Crippen molar-refractivity contribution < 1.29 is 4.74 Å². The molecule has 0 spiro atoms. The van der Waals surface area contributed by atoms with Crippen LogP contribution in [0.25, 0.3) is 0 Å². The minimum Gasteiger partial charge on any atom is -0.472 e. The van der Waals surface area contributed by atoms with Gasteiger partial charge in [-0.3, -0.25) is 0 Å². The molecular weight excluding hydrogens is 162 g/mol. The van der Waals surface area contributed by atoms with Crippen LogP contribution in [0.1, 0.15) is 27.7 Å². The fourth-order valence-corrected chi connectivity index (χ4v) is 0.971. The fraction of sp³-hybridized carbons (Fsp3) is 0.545. The van der Waals surface area contributed by atoms with Crippen molar-refractivity contribution in [2.75, 3.05) is 0 Å². The molecule has 0 aromatic carbocycles. The zero-order valence-corrected chi connectivity index (χ0v) is 8.74. The highest BCUT2D eigenvalue weighted by atomic mass is 16.5. The highest BCUT2D eigenvalue weighted by Crippen LogP contribution is 2.16. The van der Waals surface area contributed by atoms with E-state index in [1.54, 1.807) is 0 Å². The van der Waals surface area contributed by atoms with Gasteiger partial charge in [0.1, 0.15) is 5.60 Å². The minimum absolute atomic E-state index is 0.176. The third-order valence-corrected chi connectivity index (χ3v) is 1.50. The van der Waals surface area contributed by atoms with Crippen LogP contribution in [-0.2, 0) is 4.74 Å². The van der Waals surface area contributed by atoms with Crippen molar-refractivity contribution in [1.29, 1.82) is 0 Å². The maximum atomic E-state index is 5.62. The van der Waals surface area contributed by atoms with E-state index in [0.717, 1.165) is 0 Å². The van der Waals surface area contributed by atoms with Gasteiger partial charge in [0.25, 0.3) is 0 Å². The maximum absolute atomic E-state index is 5.62. The van der Waals surface area contributed by atoms with Gasteiger partial charge < -0.3 is 4.74 Å². The zero-order chi connectivity index (χ0) is 9.90. The second-order valence-corrected chi connectivity index (χ2v) is 4.24. The number of allylic oxidation sites excluding steroid dienone is 3. The molecule has 0 aromatic heterocycles. The van der Waals surface area contributed by atoms with E-state index in [2.05, 4.69) is 18.0 Å². The van der Waals surface area contributed by atoms with E-state index in [1.165, 1.54) is 0 Å². The second-order valence-electron chi connectivity index (χ2n) is 4.24. The molecule has 72 valence electrons. The van der Waals surface area contributed by atoms with E-state index in [1.807, 2.05) is 39.1 Å². The van der Waals surface area contributed by atoms with Crippen molar-refractivity contribution >= 4 is 6.21 Å². The molecule has 1 aliphatic rings. The molecule has 1 aliphatic heterocycles. The van der Waals surface area contributed by atoms with Crippen LogP contribution >= 0.6 is 0 Å². The molecule has 1 heterocycles. The molecule has 0 aromatic rings. The Labute approximate surface area is 80.0 Å². The Balaban J connectivity index is 2.67. The summed E-state index contributed by atoms with van der Waals surface area (Å²) < 4.78 is 5.62. The first-order valence-corrected chi connectivity index (χ1v) is 4.59. The average Bonchev–Trinajstić information content (AvgIpc) is 2.12. The van der Waals surface area contributed by atoms with Gasteiger partial charge in [0, 0.05) is 12.1 Å². The Morgan fingerprint density at radius 2 is 2.08 bits per heavy atom. The maximum Gasteiger partial charge on any atom is 0.213 e. The lowest BCUT2D eigenvalue weighted by atomic mass is 10.2. The summed E-state index contributed by atoms with van der Waals surface area (Å²) in [5.74, 6) is 1.07. The molecule has 0 saturated carbocycles. The van der Waals surface area contributed by atoms with Gasteiger partial charge in [0.2, 0.25) is 5.88 Å². The lowest BCUT2D eigenvalue weighted by Gasteiger charge is -2.20. The van der Waals surface area contributed by atoms with Gasteiger partial charge in [-0.05, 0) is 26.8 Å². The van der Waals surface area contributed by atoms with Crippen LogP contribution in [0.3, 0.4) is 0 Å². The third-order valence-electron chi connectivity index (χ3n) is 1.50. The molecule has 0 aliphatic carbocycles. The van der Waals surface area contributed by atoms with E-state index < -0.39 is 0 Å². The molecule has 1 unspecified atom stereocenters. The number of rotatable bonds is 1. The standard InChI is InChI=1S/C11H17NO/c1-9-6-5-7-10(12-8-9)13-11(2,3)4/h5-9H,1-4H3. The Morgan fingerprint density at radius 1 is 1.38 bits per heavy atom. The summed E-state index contributed by atoms with van der Waals surface area (Å²) in [6, 6.07) is 0. The highest BCUT2D eigenvalue weighted by molar-refractivity contribution is 5.64. The molecule has 0 amide bonds. The Bertz CT molecular complexity index is 256.